The minimum absolute atomic E-state index is 0. The lowest BCUT2D eigenvalue weighted by atomic mass is 10.1. The summed E-state index contributed by atoms with van der Waals surface area (Å²) in [7, 11) is -3.40. The maximum Gasteiger partial charge on any atom is 0.244 e. The van der Waals surface area contributed by atoms with Crippen molar-refractivity contribution in [2.75, 3.05) is 19.6 Å². The highest BCUT2D eigenvalue weighted by molar-refractivity contribution is 9.10. The number of sulfonamides is 1. The van der Waals surface area contributed by atoms with E-state index >= 15 is 0 Å². The van der Waals surface area contributed by atoms with Crippen LogP contribution in [-0.2, 0) is 10.0 Å². The molecule has 1 heterocycles. The second kappa shape index (κ2) is 6.54. The van der Waals surface area contributed by atoms with Crippen molar-refractivity contribution in [2.24, 2.45) is 11.7 Å². The van der Waals surface area contributed by atoms with Crippen molar-refractivity contribution in [3.05, 3.63) is 28.2 Å². The lowest BCUT2D eigenvalue weighted by molar-refractivity contribution is 0.458. The van der Waals surface area contributed by atoms with E-state index in [0.29, 0.717) is 29.0 Å². The standard InChI is InChI=1S/C12H17BrN2O2S.ClH/c1-9-2-3-11(13)12(6-9)18(16,17)15-5-4-10(7-14)8-15;/h2-3,6,10H,4-5,7-8,14H2,1H3;1H. The first kappa shape index (κ1) is 16.9. The molecule has 0 spiro atoms. The van der Waals surface area contributed by atoms with Gasteiger partial charge in [0.05, 0.1) is 4.90 Å². The van der Waals surface area contributed by atoms with Gasteiger partial charge < -0.3 is 5.73 Å². The van der Waals surface area contributed by atoms with Gasteiger partial charge in [-0.2, -0.15) is 4.31 Å². The molecule has 1 aliphatic rings. The van der Waals surface area contributed by atoms with Crippen LogP contribution in [0.15, 0.2) is 27.6 Å². The van der Waals surface area contributed by atoms with Crippen molar-refractivity contribution in [1.82, 2.24) is 4.31 Å². The number of halogens is 2. The van der Waals surface area contributed by atoms with E-state index in [1.807, 2.05) is 13.0 Å². The average Bonchev–Trinajstić information content (AvgIpc) is 2.81. The van der Waals surface area contributed by atoms with Gasteiger partial charge in [-0.15, -0.1) is 12.4 Å². The Labute approximate surface area is 128 Å². The number of aryl methyl sites for hydroxylation is 1. The predicted octanol–water partition coefficient (Wildman–Crippen LogP) is 2.15. The molecule has 0 radical (unpaired) electrons. The molecule has 19 heavy (non-hydrogen) atoms. The van der Waals surface area contributed by atoms with Crippen molar-refractivity contribution >= 4 is 38.4 Å². The molecule has 2 rings (SSSR count). The average molecular weight is 370 g/mol. The smallest absolute Gasteiger partial charge is 0.244 e. The van der Waals surface area contributed by atoms with Crippen molar-refractivity contribution in [3.63, 3.8) is 0 Å². The van der Waals surface area contributed by atoms with Gasteiger partial charge in [-0.1, -0.05) is 6.07 Å². The first-order valence-electron chi connectivity index (χ1n) is 5.91. The van der Waals surface area contributed by atoms with Crippen LogP contribution in [0.2, 0.25) is 0 Å². The topological polar surface area (TPSA) is 63.4 Å². The third-order valence-electron chi connectivity index (χ3n) is 3.29. The summed E-state index contributed by atoms with van der Waals surface area (Å²) in [6.07, 6.45) is 0.846. The lowest BCUT2D eigenvalue weighted by Gasteiger charge is -2.17. The Morgan fingerprint density at radius 1 is 1.47 bits per heavy atom. The van der Waals surface area contributed by atoms with E-state index < -0.39 is 10.0 Å². The van der Waals surface area contributed by atoms with Crippen LogP contribution >= 0.6 is 28.3 Å². The zero-order chi connectivity index (χ0) is 13.3. The van der Waals surface area contributed by atoms with E-state index in [0.717, 1.165) is 12.0 Å². The summed E-state index contributed by atoms with van der Waals surface area (Å²) in [5.41, 5.74) is 6.54. The molecule has 4 nitrogen and oxygen atoms in total. The maximum absolute atomic E-state index is 12.5. The summed E-state index contributed by atoms with van der Waals surface area (Å²) in [6.45, 7) is 3.52. The summed E-state index contributed by atoms with van der Waals surface area (Å²) in [5.74, 6) is 0.281. The van der Waals surface area contributed by atoms with Crippen LogP contribution < -0.4 is 5.73 Å². The number of hydrogen-bond acceptors (Lipinski definition) is 3. The van der Waals surface area contributed by atoms with Gasteiger partial charge in [-0.25, -0.2) is 8.42 Å². The molecule has 0 aliphatic carbocycles. The molecule has 0 saturated carbocycles. The molecule has 1 saturated heterocycles. The van der Waals surface area contributed by atoms with E-state index in [1.54, 1.807) is 12.1 Å². The van der Waals surface area contributed by atoms with Crippen molar-refractivity contribution in [3.8, 4) is 0 Å². The normalized spacial score (nSPS) is 20.3. The van der Waals surface area contributed by atoms with Crippen LogP contribution in [0.3, 0.4) is 0 Å². The molecule has 2 N–H and O–H groups in total. The van der Waals surface area contributed by atoms with Crippen molar-refractivity contribution < 1.29 is 8.42 Å². The van der Waals surface area contributed by atoms with Crippen LogP contribution in [0, 0.1) is 12.8 Å². The van der Waals surface area contributed by atoms with Gasteiger partial charge in [0.15, 0.2) is 0 Å². The Balaban J connectivity index is 0.00000180. The van der Waals surface area contributed by atoms with Crippen molar-refractivity contribution in [1.29, 1.82) is 0 Å². The third kappa shape index (κ3) is 3.49. The second-order valence-electron chi connectivity index (χ2n) is 4.69. The third-order valence-corrected chi connectivity index (χ3v) is 6.15. The molecule has 108 valence electrons. The van der Waals surface area contributed by atoms with Gasteiger partial charge in [0.2, 0.25) is 10.0 Å². The SMILES string of the molecule is Cc1ccc(Br)c(S(=O)(=O)N2CCC(CN)C2)c1.Cl. The first-order chi connectivity index (χ1) is 8.45. The summed E-state index contributed by atoms with van der Waals surface area (Å²) in [5, 5.41) is 0. The zero-order valence-corrected chi connectivity index (χ0v) is 13.9. The van der Waals surface area contributed by atoms with Crippen LogP contribution in [0.4, 0.5) is 0 Å². The molecule has 0 bridgehead atoms. The number of hydrogen-bond donors (Lipinski definition) is 1. The fraction of sp³-hybridized carbons (Fsp3) is 0.500. The number of nitrogens with two attached hydrogens (primary N) is 1. The molecular weight excluding hydrogens is 352 g/mol. The van der Waals surface area contributed by atoms with E-state index in [1.165, 1.54) is 4.31 Å². The largest absolute Gasteiger partial charge is 0.330 e. The van der Waals surface area contributed by atoms with Gasteiger partial charge >= 0.3 is 0 Å². The van der Waals surface area contributed by atoms with Gasteiger partial charge in [0.25, 0.3) is 0 Å². The molecule has 0 aromatic heterocycles. The van der Waals surface area contributed by atoms with E-state index in [4.69, 9.17) is 5.73 Å². The Hall–Kier alpha value is -0.140. The maximum atomic E-state index is 12.5. The summed E-state index contributed by atoms with van der Waals surface area (Å²) < 4.78 is 27.2. The van der Waals surface area contributed by atoms with Crippen LogP contribution in [0.1, 0.15) is 12.0 Å². The molecule has 1 aromatic rings. The lowest BCUT2D eigenvalue weighted by Crippen LogP contribution is -2.30. The highest BCUT2D eigenvalue weighted by Crippen LogP contribution is 2.29. The molecule has 1 unspecified atom stereocenters. The molecular formula is C12H18BrClN2O2S. The monoisotopic (exact) mass is 368 g/mol. The quantitative estimate of drug-likeness (QED) is 0.888. The van der Waals surface area contributed by atoms with E-state index in [2.05, 4.69) is 15.9 Å². The van der Waals surface area contributed by atoms with Gasteiger partial charge in [0, 0.05) is 17.6 Å². The second-order valence-corrected chi connectivity index (χ2v) is 7.45. The molecule has 0 amide bonds. The molecule has 1 aliphatic heterocycles. The fourth-order valence-corrected chi connectivity index (χ4v) is 4.70. The zero-order valence-electron chi connectivity index (χ0n) is 10.7. The number of nitrogens with zero attached hydrogens (tertiary/aromatic N) is 1. The van der Waals surface area contributed by atoms with Crippen LogP contribution in [0.25, 0.3) is 0 Å². The fourth-order valence-electron chi connectivity index (χ4n) is 2.16. The van der Waals surface area contributed by atoms with Gasteiger partial charge in [-0.05, 0) is 59.4 Å². The highest BCUT2D eigenvalue weighted by Gasteiger charge is 2.32. The number of rotatable bonds is 3. The van der Waals surface area contributed by atoms with Crippen LogP contribution in [-0.4, -0.2) is 32.4 Å². The first-order valence-corrected chi connectivity index (χ1v) is 8.15. The highest BCUT2D eigenvalue weighted by atomic mass is 79.9. The Morgan fingerprint density at radius 3 is 2.74 bits per heavy atom. The van der Waals surface area contributed by atoms with E-state index in [-0.39, 0.29) is 18.3 Å². The Morgan fingerprint density at radius 2 is 2.16 bits per heavy atom. The Bertz CT molecular complexity index is 551. The van der Waals surface area contributed by atoms with E-state index in [9.17, 15) is 8.42 Å². The Kier molecular flexibility index (Phi) is 5.82. The minimum atomic E-state index is -3.40. The summed E-state index contributed by atoms with van der Waals surface area (Å²) >= 11 is 3.32. The van der Waals surface area contributed by atoms with Gasteiger partial charge in [-0.3, -0.25) is 0 Å². The number of benzene rings is 1. The summed E-state index contributed by atoms with van der Waals surface area (Å²) in [4.78, 5) is 0.347. The summed E-state index contributed by atoms with van der Waals surface area (Å²) in [6, 6.07) is 5.36. The van der Waals surface area contributed by atoms with Crippen LogP contribution in [0.5, 0.6) is 0 Å². The molecule has 1 aromatic carbocycles. The molecule has 7 heteroatoms. The van der Waals surface area contributed by atoms with Gasteiger partial charge in [0.1, 0.15) is 0 Å². The predicted molar refractivity (Wildman–Crippen MR) is 82.0 cm³/mol. The molecule has 1 fully saturated rings. The minimum Gasteiger partial charge on any atom is -0.330 e. The molecule has 1 atom stereocenters. The van der Waals surface area contributed by atoms with Crippen molar-refractivity contribution in [2.45, 2.75) is 18.2 Å².